The smallest absolute Gasteiger partial charge is 0.300 e. The molecule has 0 radical (unpaired) electrons. The first kappa shape index (κ1) is 25.3. The van der Waals surface area contributed by atoms with Crippen molar-refractivity contribution in [1.82, 2.24) is 0 Å². The van der Waals surface area contributed by atoms with E-state index < -0.39 is 17.7 Å². The van der Waals surface area contributed by atoms with E-state index in [0.29, 0.717) is 11.3 Å². The summed E-state index contributed by atoms with van der Waals surface area (Å²) in [6, 6.07) is 26.3. The molecule has 0 spiro atoms. The Kier molecular flexibility index (Phi) is 6.77. The van der Waals surface area contributed by atoms with Crippen LogP contribution in [0.3, 0.4) is 0 Å². The Bertz CT molecular complexity index is 1560. The van der Waals surface area contributed by atoms with Gasteiger partial charge in [-0.3, -0.25) is 14.5 Å². The predicted octanol–water partition coefficient (Wildman–Crippen LogP) is 6.93. The number of aryl methyl sites for hydroxylation is 2. The van der Waals surface area contributed by atoms with Crippen LogP contribution in [0.4, 0.5) is 11.4 Å². The van der Waals surface area contributed by atoms with Crippen LogP contribution in [-0.4, -0.2) is 29.9 Å². The van der Waals surface area contributed by atoms with E-state index in [-0.39, 0.29) is 11.3 Å². The van der Waals surface area contributed by atoms with Crippen molar-refractivity contribution in [2.24, 2.45) is 0 Å². The van der Waals surface area contributed by atoms with Gasteiger partial charge in [-0.25, -0.2) is 0 Å². The van der Waals surface area contributed by atoms with Crippen molar-refractivity contribution in [3.8, 4) is 0 Å². The van der Waals surface area contributed by atoms with Gasteiger partial charge >= 0.3 is 0 Å². The number of carbonyl (C=O) groups is 2. The third-order valence-corrected chi connectivity index (χ3v) is 7.44. The summed E-state index contributed by atoms with van der Waals surface area (Å²) in [5, 5.41) is 13.5. The molecule has 1 aliphatic rings. The Morgan fingerprint density at radius 1 is 0.868 bits per heavy atom. The summed E-state index contributed by atoms with van der Waals surface area (Å²) in [4.78, 5) is 31.1. The minimum Gasteiger partial charge on any atom is -0.507 e. The van der Waals surface area contributed by atoms with E-state index in [1.165, 1.54) is 0 Å². The van der Waals surface area contributed by atoms with Crippen molar-refractivity contribution in [1.29, 1.82) is 0 Å². The van der Waals surface area contributed by atoms with E-state index in [9.17, 15) is 14.7 Å². The number of carbonyl (C=O) groups excluding carboxylic acids is 2. The number of ketones is 1. The summed E-state index contributed by atoms with van der Waals surface area (Å²) < 4.78 is 0. The molecule has 5 heteroatoms. The molecular weight excluding hydrogens is 472 g/mol. The molecule has 1 atom stereocenters. The maximum atomic E-state index is 13.7. The van der Waals surface area contributed by atoms with E-state index in [1.54, 1.807) is 11.0 Å². The number of anilines is 2. The predicted molar refractivity (Wildman–Crippen MR) is 155 cm³/mol. The monoisotopic (exact) mass is 504 g/mol. The Balaban J connectivity index is 1.74. The van der Waals surface area contributed by atoms with Crippen molar-refractivity contribution in [2.75, 3.05) is 22.9 Å². The molecule has 1 N–H and O–H groups in total. The number of nitrogens with zero attached hydrogens (tertiary/aromatic N) is 2. The number of hydrogen-bond acceptors (Lipinski definition) is 4. The van der Waals surface area contributed by atoms with Gasteiger partial charge in [0.25, 0.3) is 11.7 Å². The number of hydrogen-bond donors (Lipinski definition) is 1. The van der Waals surface area contributed by atoms with Crippen molar-refractivity contribution in [3.05, 3.63) is 113 Å². The van der Waals surface area contributed by atoms with E-state index in [0.717, 1.165) is 46.2 Å². The quantitative estimate of drug-likeness (QED) is 0.176. The first-order valence-electron chi connectivity index (χ1n) is 13.1. The van der Waals surface area contributed by atoms with Crippen molar-refractivity contribution in [3.63, 3.8) is 0 Å². The van der Waals surface area contributed by atoms with Gasteiger partial charge in [0.05, 0.1) is 11.6 Å². The van der Waals surface area contributed by atoms with Gasteiger partial charge in [0.1, 0.15) is 5.76 Å². The van der Waals surface area contributed by atoms with Crippen molar-refractivity contribution < 1.29 is 14.7 Å². The lowest BCUT2D eigenvalue weighted by atomic mass is 9.93. The Morgan fingerprint density at radius 3 is 2.24 bits per heavy atom. The zero-order valence-electron chi connectivity index (χ0n) is 22.2. The highest BCUT2D eigenvalue weighted by atomic mass is 16.3. The molecule has 1 unspecified atom stereocenters. The molecule has 1 heterocycles. The summed E-state index contributed by atoms with van der Waals surface area (Å²) in [6.45, 7) is 9.89. The number of amides is 1. The van der Waals surface area contributed by atoms with E-state index in [2.05, 4.69) is 18.7 Å². The molecule has 38 heavy (non-hydrogen) atoms. The minimum atomic E-state index is -0.763. The molecule has 0 aromatic heterocycles. The van der Waals surface area contributed by atoms with Crippen LogP contribution < -0.4 is 9.80 Å². The molecule has 1 aliphatic heterocycles. The molecule has 1 fully saturated rings. The van der Waals surface area contributed by atoms with Crippen LogP contribution in [0, 0.1) is 13.8 Å². The van der Waals surface area contributed by atoms with Crippen LogP contribution in [0.5, 0.6) is 0 Å². The Hall–Kier alpha value is -4.38. The zero-order chi connectivity index (χ0) is 27.0. The molecule has 4 aromatic rings. The molecule has 0 bridgehead atoms. The van der Waals surface area contributed by atoms with Crippen LogP contribution in [0.1, 0.15) is 42.1 Å². The van der Waals surface area contributed by atoms with Crippen molar-refractivity contribution in [2.45, 2.75) is 33.7 Å². The van der Waals surface area contributed by atoms with Gasteiger partial charge in [-0.2, -0.15) is 0 Å². The average molecular weight is 505 g/mol. The van der Waals surface area contributed by atoms with Crippen LogP contribution in [0.2, 0.25) is 0 Å². The van der Waals surface area contributed by atoms with Gasteiger partial charge in [0.2, 0.25) is 0 Å². The molecule has 1 saturated heterocycles. The summed E-state index contributed by atoms with van der Waals surface area (Å²) >= 11 is 0. The van der Waals surface area contributed by atoms with Crippen LogP contribution in [0.25, 0.3) is 16.5 Å². The van der Waals surface area contributed by atoms with Crippen LogP contribution >= 0.6 is 0 Å². The maximum Gasteiger partial charge on any atom is 0.300 e. The molecule has 1 amide bonds. The van der Waals surface area contributed by atoms with Crippen LogP contribution in [0.15, 0.2) is 90.5 Å². The third-order valence-electron chi connectivity index (χ3n) is 7.44. The SMILES string of the molecule is CCN(CC)c1ccc(C2/C(=C(/O)c3cccc4ccccc34)C(=O)C(=O)N2c2ccc(C)cc2C)cc1. The normalized spacial score (nSPS) is 16.8. The fourth-order valence-electron chi connectivity index (χ4n) is 5.51. The van der Waals surface area contributed by atoms with Gasteiger partial charge in [-0.15, -0.1) is 0 Å². The first-order valence-corrected chi connectivity index (χ1v) is 13.1. The zero-order valence-corrected chi connectivity index (χ0v) is 22.2. The van der Waals surface area contributed by atoms with E-state index >= 15 is 0 Å². The molecule has 0 aliphatic carbocycles. The van der Waals surface area contributed by atoms with Gasteiger partial charge in [0, 0.05) is 30.0 Å². The Labute approximate surface area is 223 Å². The number of rotatable bonds is 6. The topological polar surface area (TPSA) is 60.9 Å². The molecule has 5 nitrogen and oxygen atoms in total. The lowest BCUT2D eigenvalue weighted by molar-refractivity contribution is -0.132. The largest absolute Gasteiger partial charge is 0.507 e. The van der Waals surface area contributed by atoms with Crippen molar-refractivity contribution >= 4 is 39.6 Å². The average Bonchev–Trinajstić information content (AvgIpc) is 3.19. The summed E-state index contributed by atoms with van der Waals surface area (Å²) in [5.74, 6) is -1.49. The summed E-state index contributed by atoms with van der Waals surface area (Å²) in [7, 11) is 0. The lowest BCUT2D eigenvalue weighted by Crippen LogP contribution is -2.30. The molecule has 4 aromatic carbocycles. The first-order chi connectivity index (χ1) is 18.3. The number of benzene rings is 4. The van der Waals surface area contributed by atoms with E-state index in [4.69, 9.17) is 0 Å². The van der Waals surface area contributed by atoms with E-state index in [1.807, 2.05) is 92.7 Å². The molecule has 5 rings (SSSR count). The second-order valence-electron chi connectivity index (χ2n) is 9.75. The highest BCUT2D eigenvalue weighted by Gasteiger charge is 2.47. The highest BCUT2D eigenvalue weighted by molar-refractivity contribution is 6.52. The summed E-state index contributed by atoms with van der Waals surface area (Å²) in [6.07, 6.45) is 0. The second-order valence-corrected chi connectivity index (χ2v) is 9.75. The van der Waals surface area contributed by atoms with Gasteiger partial charge < -0.3 is 10.0 Å². The standard InChI is InChI=1S/C33H32N2O3/c1-5-34(6-2)25-17-15-24(16-18-25)30-29(31(36)27-13-9-11-23-10-7-8-12-26(23)27)32(37)33(38)35(30)28-19-14-21(3)20-22(28)4/h7-20,30,36H,5-6H2,1-4H3/b31-29-. The molecular formula is C33H32N2O3. The van der Waals surface area contributed by atoms with Gasteiger partial charge in [-0.1, -0.05) is 72.3 Å². The lowest BCUT2D eigenvalue weighted by Gasteiger charge is -2.28. The number of fused-ring (bicyclic) bond motifs is 1. The third kappa shape index (κ3) is 4.24. The summed E-state index contributed by atoms with van der Waals surface area (Å²) in [5.41, 5.74) is 5.08. The fraction of sp³-hybridized carbons (Fsp3) is 0.212. The Morgan fingerprint density at radius 2 is 1.55 bits per heavy atom. The molecule has 192 valence electrons. The number of aliphatic hydroxyl groups excluding tert-OH is 1. The fourth-order valence-corrected chi connectivity index (χ4v) is 5.51. The second kappa shape index (κ2) is 10.2. The van der Waals surface area contributed by atoms with Gasteiger partial charge in [0.15, 0.2) is 0 Å². The number of Topliss-reactive ketones (excluding diaryl/α,β-unsaturated/α-hetero) is 1. The maximum absolute atomic E-state index is 13.7. The van der Waals surface area contributed by atoms with Crippen LogP contribution in [-0.2, 0) is 9.59 Å². The highest BCUT2D eigenvalue weighted by Crippen LogP contribution is 2.44. The van der Waals surface area contributed by atoms with Gasteiger partial charge in [-0.05, 0) is 67.8 Å². The molecule has 0 saturated carbocycles. The number of aliphatic hydroxyl groups is 1. The minimum absolute atomic E-state index is 0.0990.